The molecule has 1 amide bonds. The molecule has 1 aliphatic rings. The van der Waals surface area contributed by atoms with Crippen LogP contribution in [0.25, 0.3) is 0 Å². The number of aliphatic hydroxyl groups excluding tert-OH is 1. The molecule has 25 heavy (non-hydrogen) atoms. The highest BCUT2D eigenvalue weighted by atomic mass is 16.3. The van der Waals surface area contributed by atoms with Gasteiger partial charge in [-0.15, -0.1) is 0 Å². The standard InChI is InChI=1S/C19H30N4O2/c1-2-20-19(22-14-18(25)23-11-7-4-8-12-23)21-13-17(15-24)16-9-5-3-6-10-16/h3,5-6,9-10,17,24H,2,4,7-8,11-15H2,1H3,(H2,20,21,22). The Kier molecular flexibility index (Phi) is 8.25. The van der Waals surface area contributed by atoms with Crippen LogP contribution in [0.1, 0.15) is 37.7 Å². The van der Waals surface area contributed by atoms with Crippen molar-refractivity contribution in [2.24, 2.45) is 4.99 Å². The van der Waals surface area contributed by atoms with Crippen LogP contribution in [0.15, 0.2) is 35.3 Å². The van der Waals surface area contributed by atoms with Crippen LogP contribution in [0, 0.1) is 0 Å². The zero-order chi connectivity index (χ0) is 17.9. The summed E-state index contributed by atoms with van der Waals surface area (Å²) in [5, 5.41) is 16.0. The Bertz CT molecular complexity index is 542. The van der Waals surface area contributed by atoms with Crippen LogP contribution in [-0.4, -0.2) is 61.2 Å². The van der Waals surface area contributed by atoms with Crippen molar-refractivity contribution in [1.82, 2.24) is 15.5 Å². The second kappa shape index (κ2) is 10.7. The Hall–Kier alpha value is -2.08. The van der Waals surface area contributed by atoms with Gasteiger partial charge in [-0.3, -0.25) is 4.79 Å². The molecule has 0 saturated carbocycles. The van der Waals surface area contributed by atoms with Gasteiger partial charge in [0.15, 0.2) is 5.96 Å². The van der Waals surface area contributed by atoms with Crippen molar-refractivity contribution in [1.29, 1.82) is 0 Å². The number of aliphatic hydroxyl groups is 1. The molecule has 1 unspecified atom stereocenters. The summed E-state index contributed by atoms with van der Waals surface area (Å²) in [6.07, 6.45) is 3.38. The van der Waals surface area contributed by atoms with Crippen molar-refractivity contribution in [3.05, 3.63) is 35.9 Å². The number of guanidine groups is 1. The van der Waals surface area contributed by atoms with Crippen molar-refractivity contribution < 1.29 is 9.90 Å². The van der Waals surface area contributed by atoms with Crippen LogP contribution < -0.4 is 10.6 Å². The van der Waals surface area contributed by atoms with Crippen LogP contribution in [-0.2, 0) is 4.79 Å². The molecule has 0 bridgehead atoms. The fraction of sp³-hybridized carbons (Fsp3) is 0.579. The van der Waals surface area contributed by atoms with Gasteiger partial charge in [-0.2, -0.15) is 0 Å². The number of rotatable bonds is 7. The first-order chi connectivity index (χ1) is 12.2. The van der Waals surface area contributed by atoms with Crippen molar-refractivity contribution in [2.45, 2.75) is 32.1 Å². The molecule has 0 spiro atoms. The van der Waals surface area contributed by atoms with E-state index in [2.05, 4.69) is 15.6 Å². The second-order valence-corrected chi connectivity index (χ2v) is 6.31. The fourth-order valence-electron chi connectivity index (χ4n) is 2.96. The van der Waals surface area contributed by atoms with E-state index in [1.54, 1.807) is 0 Å². The third kappa shape index (κ3) is 6.38. The molecule has 6 nitrogen and oxygen atoms in total. The summed E-state index contributed by atoms with van der Waals surface area (Å²) in [5.74, 6) is 0.684. The van der Waals surface area contributed by atoms with E-state index in [-0.39, 0.29) is 25.0 Å². The Morgan fingerprint density at radius 2 is 1.92 bits per heavy atom. The number of aliphatic imine (C=N–C) groups is 1. The van der Waals surface area contributed by atoms with E-state index in [0.717, 1.165) is 38.0 Å². The number of benzene rings is 1. The van der Waals surface area contributed by atoms with Crippen LogP contribution >= 0.6 is 0 Å². The Morgan fingerprint density at radius 1 is 1.20 bits per heavy atom. The molecule has 1 aliphatic heterocycles. The van der Waals surface area contributed by atoms with Gasteiger partial charge in [0.05, 0.1) is 6.61 Å². The van der Waals surface area contributed by atoms with Gasteiger partial charge in [0.1, 0.15) is 6.54 Å². The van der Waals surface area contributed by atoms with E-state index in [1.807, 2.05) is 42.2 Å². The fourth-order valence-corrected chi connectivity index (χ4v) is 2.96. The highest BCUT2D eigenvalue weighted by molar-refractivity contribution is 5.85. The number of carbonyl (C=O) groups is 1. The summed E-state index contributed by atoms with van der Waals surface area (Å²) < 4.78 is 0. The molecule has 6 heteroatoms. The van der Waals surface area contributed by atoms with Gasteiger partial charge >= 0.3 is 0 Å². The van der Waals surface area contributed by atoms with Crippen molar-refractivity contribution >= 4 is 11.9 Å². The van der Waals surface area contributed by atoms with Crippen LogP contribution in [0.4, 0.5) is 0 Å². The van der Waals surface area contributed by atoms with Gasteiger partial charge in [-0.25, -0.2) is 4.99 Å². The lowest BCUT2D eigenvalue weighted by atomic mass is 10.0. The first-order valence-electron chi connectivity index (χ1n) is 9.20. The highest BCUT2D eigenvalue weighted by Crippen LogP contribution is 2.13. The summed E-state index contributed by atoms with van der Waals surface area (Å²) >= 11 is 0. The number of nitrogens with zero attached hydrogens (tertiary/aromatic N) is 2. The number of likely N-dealkylation sites (tertiary alicyclic amines) is 1. The number of nitrogens with one attached hydrogen (secondary N) is 2. The SMILES string of the molecule is CCNC(=NCC(=O)N1CCCCC1)NCC(CO)c1ccccc1. The summed E-state index contributed by atoms with van der Waals surface area (Å²) in [5.41, 5.74) is 1.08. The quantitative estimate of drug-likeness (QED) is 0.514. The number of amides is 1. The Balaban J connectivity index is 1.89. The van der Waals surface area contributed by atoms with Gasteiger partial charge in [0.2, 0.25) is 5.91 Å². The first-order valence-corrected chi connectivity index (χ1v) is 9.20. The van der Waals surface area contributed by atoms with Crippen LogP contribution in [0.2, 0.25) is 0 Å². The molecular formula is C19H30N4O2. The number of hydrogen-bond acceptors (Lipinski definition) is 3. The second-order valence-electron chi connectivity index (χ2n) is 6.31. The Labute approximate surface area is 150 Å². The average Bonchev–Trinajstić information content (AvgIpc) is 2.67. The van der Waals surface area contributed by atoms with Gasteiger partial charge in [-0.05, 0) is 31.7 Å². The molecule has 1 fully saturated rings. The van der Waals surface area contributed by atoms with E-state index in [0.29, 0.717) is 12.5 Å². The third-order valence-electron chi connectivity index (χ3n) is 4.43. The first kappa shape index (κ1) is 19.2. The molecule has 1 aromatic carbocycles. The van der Waals surface area contributed by atoms with Crippen LogP contribution in [0.5, 0.6) is 0 Å². The van der Waals surface area contributed by atoms with E-state index in [4.69, 9.17) is 0 Å². The largest absolute Gasteiger partial charge is 0.396 e. The van der Waals surface area contributed by atoms with Crippen molar-refractivity contribution in [3.63, 3.8) is 0 Å². The minimum atomic E-state index is -0.0112. The molecule has 138 valence electrons. The minimum Gasteiger partial charge on any atom is -0.396 e. The smallest absolute Gasteiger partial charge is 0.244 e. The number of carbonyl (C=O) groups excluding carboxylic acids is 1. The van der Waals surface area contributed by atoms with Gasteiger partial charge in [-0.1, -0.05) is 30.3 Å². The lowest BCUT2D eigenvalue weighted by Crippen LogP contribution is -2.42. The maximum absolute atomic E-state index is 12.2. The lowest BCUT2D eigenvalue weighted by molar-refractivity contribution is -0.130. The highest BCUT2D eigenvalue weighted by Gasteiger charge is 2.16. The maximum Gasteiger partial charge on any atom is 0.244 e. The predicted octanol–water partition coefficient (Wildman–Crippen LogP) is 1.33. The maximum atomic E-state index is 12.2. The van der Waals surface area contributed by atoms with E-state index in [9.17, 15) is 9.90 Å². The molecule has 0 radical (unpaired) electrons. The lowest BCUT2D eigenvalue weighted by Gasteiger charge is -2.26. The van der Waals surface area contributed by atoms with Gasteiger partial charge in [0, 0.05) is 32.1 Å². The summed E-state index contributed by atoms with van der Waals surface area (Å²) in [6.45, 7) is 5.18. The molecule has 3 N–H and O–H groups in total. The normalized spacial score (nSPS) is 16.4. The molecule has 1 atom stereocenters. The third-order valence-corrected chi connectivity index (χ3v) is 4.43. The van der Waals surface area contributed by atoms with E-state index in [1.165, 1.54) is 6.42 Å². The molecule has 2 rings (SSSR count). The van der Waals surface area contributed by atoms with Gasteiger partial charge in [0.25, 0.3) is 0 Å². The monoisotopic (exact) mass is 346 g/mol. The number of hydrogen-bond donors (Lipinski definition) is 3. The van der Waals surface area contributed by atoms with E-state index < -0.39 is 0 Å². The minimum absolute atomic E-state index is 0.0112. The van der Waals surface area contributed by atoms with Crippen LogP contribution in [0.3, 0.4) is 0 Å². The summed E-state index contributed by atoms with van der Waals surface area (Å²) in [6, 6.07) is 9.91. The van der Waals surface area contributed by atoms with Crippen molar-refractivity contribution in [3.8, 4) is 0 Å². The molecule has 0 aliphatic carbocycles. The summed E-state index contributed by atoms with van der Waals surface area (Å²) in [4.78, 5) is 18.6. The molecular weight excluding hydrogens is 316 g/mol. The van der Waals surface area contributed by atoms with Gasteiger partial charge < -0.3 is 20.6 Å². The topological polar surface area (TPSA) is 77.0 Å². The Morgan fingerprint density at radius 3 is 2.56 bits per heavy atom. The van der Waals surface area contributed by atoms with Crippen molar-refractivity contribution in [2.75, 3.05) is 39.3 Å². The molecule has 1 heterocycles. The predicted molar refractivity (Wildman–Crippen MR) is 101 cm³/mol. The molecule has 1 saturated heterocycles. The molecule has 1 aromatic rings. The zero-order valence-corrected chi connectivity index (χ0v) is 15.1. The average molecular weight is 346 g/mol. The number of piperidine rings is 1. The molecule has 0 aromatic heterocycles. The zero-order valence-electron chi connectivity index (χ0n) is 15.1. The van der Waals surface area contributed by atoms with E-state index >= 15 is 0 Å². The summed E-state index contributed by atoms with van der Waals surface area (Å²) in [7, 11) is 0.